The third-order valence-corrected chi connectivity index (χ3v) is 3.03. The van der Waals surface area contributed by atoms with E-state index in [0.29, 0.717) is 5.82 Å². The van der Waals surface area contributed by atoms with Crippen LogP contribution in [0.25, 0.3) is 16.9 Å². The van der Waals surface area contributed by atoms with Crippen molar-refractivity contribution in [3.05, 3.63) is 60.7 Å². The zero-order chi connectivity index (χ0) is 13.2. The quantitative estimate of drug-likeness (QED) is 0.760. The third-order valence-electron chi connectivity index (χ3n) is 3.03. The molecule has 0 fully saturated rings. The Morgan fingerprint density at radius 2 is 1.79 bits per heavy atom. The maximum atomic E-state index is 5.61. The second-order valence-corrected chi connectivity index (χ2v) is 4.46. The highest BCUT2D eigenvalue weighted by molar-refractivity contribution is 5.62. The van der Waals surface area contributed by atoms with Crippen molar-refractivity contribution >= 4 is 5.82 Å². The molecule has 0 atom stereocenters. The summed E-state index contributed by atoms with van der Waals surface area (Å²) >= 11 is 0. The van der Waals surface area contributed by atoms with Gasteiger partial charge in [-0.05, 0) is 19.1 Å². The summed E-state index contributed by atoms with van der Waals surface area (Å²) in [5.74, 6) is 0.515. The van der Waals surface area contributed by atoms with Crippen molar-refractivity contribution in [3.8, 4) is 16.9 Å². The van der Waals surface area contributed by atoms with Gasteiger partial charge in [0.25, 0.3) is 0 Å². The highest BCUT2D eigenvalue weighted by atomic mass is 15.1. The first-order chi connectivity index (χ1) is 9.24. The Balaban J connectivity index is 2.07. The number of benzene rings is 1. The van der Waals surface area contributed by atoms with Crippen molar-refractivity contribution < 1.29 is 0 Å². The minimum Gasteiger partial charge on any atom is -0.384 e. The molecule has 1 aromatic carbocycles. The number of nitrogens with zero attached hydrogens (tertiary/aromatic N) is 3. The van der Waals surface area contributed by atoms with E-state index in [1.54, 1.807) is 18.6 Å². The van der Waals surface area contributed by atoms with Gasteiger partial charge in [0.05, 0.1) is 30.1 Å². The molecule has 0 bridgehead atoms. The van der Waals surface area contributed by atoms with Crippen molar-refractivity contribution in [3.63, 3.8) is 0 Å². The summed E-state index contributed by atoms with van der Waals surface area (Å²) < 4.78 is 2.00. The van der Waals surface area contributed by atoms with Gasteiger partial charge >= 0.3 is 0 Å². The summed E-state index contributed by atoms with van der Waals surface area (Å²) in [6.45, 7) is 2.07. The second kappa shape index (κ2) is 4.57. The second-order valence-electron chi connectivity index (χ2n) is 4.46. The van der Waals surface area contributed by atoms with Crippen LogP contribution in [0.5, 0.6) is 0 Å². The molecule has 2 heterocycles. The SMILES string of the molecule is Cc1ccc(-c2cncn2-c2ccc(N)nc2)cc1. The van der Waals surface area contributed by atoms with E-state index < -0.39 is 0 Å². The van der Waals surface area contributed by atoms with Crippen LogP contribution in [0, 0.1) is 6.92 Å². The average Bonchev–Trinajstić information content (AvgIpc) is 2.90. The Bertz CT molecular complexity index is 621. The molecular weight excluding hydrogens is 236 g/mol. The van der Waals surface area contributed by atoms with Crippen LogP contribution in [0.3, 0.4) is 0 Å². The topological polar surface area (TPSA) is 56.7 Å². The van der Waals surface area contributed by atoms with E-state index in [4.69, 9.17) is 5.73 Å². The molecule has 2 aromatic heterocycles. The van der Waals surface area contributed by atoms with E-state index in [1.165, 1.54) is 5.56 Å². The molecule has 2 N–H and O–H groups in total. The number of pyridine rings is 1. The molecule has 0 spiro atoms. The number of hydrogen-bond acceptors (Lipinski definition) is 3. The number of nitrogens with two attached hydrogens (primary N) is 1. The van der Waals surface area contributed by atoms with Crippen LogP contribution in [0.2, 0.25) is 0 Å². The Labute approximate surface area is 111 Å². The lowest BCUT2D eigenvalue weighted by atomic mass is 10.1. The molecular formula is C15H14N4. The maximum Gasteiger partial charge on any atom is 0.123 e. The van der Waals surface area contributed by atoms with Crippen molar-refractivity contribution in [2.45, 2.75) is 6.92 Å². The van der Waals surface area contributed by atoms with E-state index in [1.807, 2.05) is 16.8 Å². The van der Waals surface area contributed by atoms with Crippen molar-refractivity contribution in [1.29, 1.82) is 0 Å². The highest BCUT2D eigenvalue weighted by Crippen LogP contribution is 2.22. The first kappa shape index (κ1) is 11.5. The smallest absolute Gasteiger partial charge is 0.123 e. The van der Waals surface area contributed by atoms with E-state index in [2.05, 4.69) is 41.2 Å². The van der Waals surface area contributed by atoms with Gasteiger partial charge in [-0.3, -0.25) is 4.57 Å². The lowest BCUT2D eigenvalue weighted by Gasteiger charge is -2.08. The van der Waals surface area contributed by atoms with Gasteiger partial charge in [-0.2, -0.15) is 0 Å². The summed E-state index contributed by atoms with van der Waals surface area (Å²) in [4.78, 5) is 8.34. The molecule has 4 heteroatoms. The first-order valence-electron chi connectivity index (χ1n) is 6.05. The van der Waals surface area contributed by atoms with Gasteiger partial charge in [0.1, 0.15) is 5.82 Å². The zero-order valence-corrected chi connectivity index (χ0v) is 10.6. The van der Waals surface area contributed by atoms with E-state index in [9.17, 15) is 0 Å². The van der Waals surface area contributed by atoms with Gasteiger partial charge in [0, 0.05) is 5.56 Å². The molecule has 0 saturated heterocycles. The van der Waals surface area contributed by atoms with E-state index in [-0.39, 0.29) is 0 Å². The number of aromatic nitrogens is 3. The van der Waals surface area contributed by atoms with E-state index in [0.717, 1.165) is 16.9 Å². The molecule has 94 valence electrons. The Morgan fingerprint density at radius 3 is 2.47 bits per heavy atom. The molecule has 4 nitrogen and oxygen atoms in total. The van der Waals surface area contributed by atoms with Crippen LogP contribution in [0.15, 0.2) is 55.1 Å². The van der Waals surface area contributed by atoms with Gasteiger partial charge in [-0.25, -0.2) is 9.97 Å². The van der Waals surface area contributed by atoms with E-state index >= 15 is 0 Å². The Hall–Kier alpha value is -2.62. The van der Waals surface area contributed by atoms with Crippen LogP contribution in [-0.2, 0) is 0 Å². The highest BCUT2D eigenvalue weighted by Gasteiger charge is 2.06. The van der Waals surface area contributed by atoms with Gasteiger partial charge in [-0.15, -0.1) is 0 Å². The van der Waals surface area contributed by atoms with Crippen molar-refractivity contribution in [2.24, 2.45) is 0 Å². The average molecular weight is 250 g/mol. The number of anilines is 1. The Morgan fingerprint density at radius 1 is 1.00 bits per heavy atom. The summed E-state index contributed by atoms with van der Waals surface area (Å²) in [7, 11) is 0. The number of nitrogen functional groups attached to an aromatic ring is 1. The molecule has 0 aliphatic carbocycles. The number of hydrogen-bond donors (Lipinski definition) is 1. The fourth-order valence-corrected chi connectivity index (χ4v) is 1.98. The number of aryl methyl sites for hydroxylation is 1. The van der Waals surface area contributed by atoms with Crippen molar-refractivity contribution in [2.75, 3.05) is 5.73 Å². The molecule has 19 heavy (non-hydrogen) atoms. The largest absolute Gasteiger partial charge is 0.384 e. The standard InChI is InChI=1S/C15H14N4/c1-11-2-4-12(5-3-11)14-9-17-10-19(14)13-6-7-15(16)18-8-13/h2-10H,1H3,(H2,16,18). The minimum atomic E-state index is 0.515. The zero-order valence-electron chi connectivity index (χ0n) is 10.6. The normalized spacial score (nSPS) is 10.6. The molecule has 0 unspecified atom stereocenters. The van der Waals surface area contributed by atoms with Gasteiger partial charge < -0.3 is 5.73 Å². The number of rotatable bonds is 2. The first-order valence-corrected chi connectivity index (χ1v) is 6.05. The van der Waals surface area contributed by atoms with Crippen LogP contribution in [0.1, 0.15) is 5.56 Å². The molecule has 0 saturated carbocycles. The van der Waals surface area contributed by atoms with Crippen LogP contribution < -0.4 is 5.73 Å². The lowest BCUT2D eigenvalue weighted by molar-refractivity contribution is 1.05. The minimum absolute atomic E-state index is 0.515. The van der Waals surface area contributed by atoms with Gasteiger partial charge in [-0.1, -0.05) is 29.8 Å². The maximum absolute atomic E-state index is 5.61. The Kier molecular flexibility index (Phi) is 2.76. The molecule has 0 radical (unpaired) electrons. The molecule has 3 rings (SSSR count). The summed E-state index contributed by atoms with van der Waals surface area (Å²) in [5, 5.41) is 0. The molecule has 3 aromatic rings. The summed E-state index contributed by atoms with van der Waals surface area (Å²) in [5.41, 5.74) is 9.96. The van der Waals surface area contributed by atoms with Crippen molar-refractivity contribution in [1.82, 2.24) is 14.5 Å². The number of imidazole rings is 1. The predicted octanol–water partition coefficient (Wildman–Crippen LogP) is 2.82. The van der Waals surface area contributed by atoms with Crippen LogP contribution in [0.4, 0.5) is 5.82 Å². The fraction of sp³-hybridized carbons (Fsp3) is 0.0667. The van der Waals surface area contributed by atoms with Crippen LogP contribution in [-0.4, -0.2) is 14.5 Å². The van der Waals surface area contributed by atoms with Gasteiger partial charge in [0.15, 0.2) is 0 Å². The lowest BCUT2D eigenvalue weighted by Crippen LogP contribution is -1.97. The third kappa shape index (κ3) is 2.20. The molecule has 0 aliphatic rings. The fourth-order valence-electron chi connectivity index (χ4n) is 1.98. The predicted molar refractivity (Wildman–Crippen MR) is 75.9 cm³/mol. The summed E-state index contributed by atoms with van der Waals surface area (Å²) in [6, 6.07) is 12.1. The van der Waals surface area contributed by atoms with Gasteiger partial charge in [0.2, 0.25) is 0 Å². The summed E-state index contributed by atoms with van der Waals surface area (Å²) in [6.07, 6.45) is 5.37. The van der Waals surface area contributed by atoms with Crippen LogP contribution >= 0.6 is 0 Å². The molecule has 0 aliphatic heterocycles. The molecule has 0 amide bonds. The monoisotopic (exact) mass is 250 g/mol.